The number of nitrogens with zero attached hydrogens (tertiary/aromatic N) is 3. The van der Waals surface area contributed by atoms with Gasteiger partial charge in [0.15, 0.2) is 0 Å². The van der Waals surface area contributed by atoms with Crippen LogP contribution in [0.3, 0.4) is 0 Å². The van der Waals surface area contributed by atoms with Crippen LogP contribution in [0, 0.1) is 0 Å². The van der Waals surface area contributed by atoms with Gasteiger partial charge in [-0.25, -0.2) is 0 Å². The minimum atomic E-state index is -0.115. The van der Waals surface area contributed by atoms with E-state index >= 15 is 0 Å². The summed E-state index contributed by atoms with van der Waals surface area (Å²) in [6, 6.07) is 17.3. The summed E-state index contributed by atoms with van der Waals surface area (Å²) in [4.78, 5) is 14.6. The van der Waals surface area contributed by atoms with Crippen molar-refractivity contribution in [2.24, 2.45) is 0 Å². The first kappa shape index (κ1) is 18.2. The largest absolute Gasteiger partial charge is 0.421 e. The number of benzene rings is 2. The number of anilines is 1. The highest BCUT2D eigenvalue weighted by Gasteiger charge is 2.13. The Morgan fingerprint density at radius 1 is 1.00 bits per heavy atom. The molecule has 2 aromatic carbocycles. The van der Waals surface area contributed by atoms with E-state index in [4.69, 9.17) is 9.15 Å². The summed E-state index contributed by atoms with van der Waals surface area (Å²) in [5.41, 5.74) is 2.62. The molecule has 28 heavy (non-hydrogen) atoms. The molecule has 3 aromatic rings. The normalized spacial score (nSPS) is 14.1. The van der Waals surface area contributed by atoms with Crippen molar-refractivity contribution in [2.45, 2.75) is 6.42 Å². The third-order valence-corrected chi connectivity index (χ3v) is 4.62. The number of nitrogens with one attached hydrogen (secondary N) is 1. The van der Waals surface area contributed by atoms with Gasteiger partial charge >= 0.3 is 0 Å². The molecule has 7 heteroatoms. The first-order valence-electron chi connectivity index (χ1n) is 9.38. The van der Waals surface area contributed by atoms with Crippen LogP contribution in [0.4, 0.5) is 5.69 Å². The van der Waals surface area contributed by atoms with E-state index in [2.05, 4.69) is 20.4 Å². The lowest BCUT2D eigenvalue weighted by atomic mass is 10.1. The van der Waals surface area contributed by atoms with Crippen molar-refractivity contribution in [1.29, 1.82) is 0 Å². The quantitative estimate of drug-likeness (QED) is 0.710. The Labute approximate surface area is 163 Å². The predicted octanol–water partition coefficient (Wildman–Crippen LogP) is 2.55. The molecule has 0 unspecified atom stereocenters. The number of carbonyl (C=O) groups excluding carboxylic acids is 1. The third-order valence-electron chi connectivity index (χ3n) is 4.62. The Morgan fingerprint density at radius 2 is 1.75 bits per heavy atom. The van der Waals surface area contributed by atoms with Gasteiger partial charge in [0.25, 0.3) is 5.91 Å². The Bertz CT molecular complexity index is 903. The van der Waals surface area contributed by atoms with Crippen LogP contribution in [0.15, 0.2) is 59.0 Å². The van der Waals surface area contributed by atoms with E-state index in [1.165, 1.54) is 0 Å². The van der Waals surface area contributed by atoms with Gasteiger partial charge in [-0.15, -0.1) is 10.2 Å². The molecule has 1 fully saturated rings. The Kier molecular flexibility index (Phi) is 5.63. The van der Waals surface area contributed by atoms with Gasteiger partial charge in [0.2, 0.25) is 11.8 Å². The maximum Gasteiger partial charge on any atom is 0.251 e. The monoisotopic (exact) mass is 378 g/mol. The molecule has 0 atom stereocenters. The van der Waals surface area contributed by atoms with Gasteiger partial charge in [-0.05, 0) is 36.4 Å². The molecule has 0 spiro atoms. The van der Waals surface area contributed by atoms with Crippen LogP contribution in [0.25, 0.3) is 11.5 Å². The summed E-state index contributed by atoms with van der Waals surface area (Å²) in [5, 5.41) is 11.0. The summed E-state index contributed by atoms with van der Waals surface area (Å²) in [5.74, 6) is 0.874. The summed E-state index contributed by atoms with van der Waals surface area (Å²) >= 11 is 0. The first-order chi connectivity index (χ1) is 13.8. The van der Waals surface area contributed by atoms with Gasteiger partial charge in [0.05, 0.1) is 13.2 Å². The molecule has 4 rings (SSSR count). The van der Waals surface area contributed by atoms with Crippen LogP contribution >= 0.6 is 0 Å². The van der Waals surface area contributed by atoms with Crippen LogP contribution in [0.2, 0.25) is 0 Å². The number of morpholine rings is 1. The van der Waals surface area contributed by atoms with Crippen LogP contribution in [0.1, 0.15) is 16.2 Å². The molecule has 2 heterocycles. The SMILES string of the molecule is O=C(NCCc1nnc(-c2ccccc2)o1)c1ccc(N2CCOCC2)cc1. The fourth-order valence-electron chi connectivity index (χ4n) is 3.08. The van der Waals surface area contributed by atoms with Crippen molar-refractivity contribution in [3.63, 3.8) is 0 Å². The van der Waals surface area contributed by atoms with E-state index < -0.39 is 0 Å². The number of ether oxygens (including phenoxy) is 1. The lowest BCUT2D eigenvalue weighted by Gasteiger charge is -2.28. The minimum Gasteiger partial charge on any atom is -0.421 e. The molecule has 1 aliphatic heterocycles. The predicted molar refractivity (Wildman–Crippen MR) is 105 cm³/mol. The molecule has 7 nitrogen and oxygen atoms in total. The van der Waals surface area contributed by atoms with Crippen molar-refractivity contribution in [1.82, 2.24) is 15.5 Å². The minimum absolute atomic E-state index is 0.115. The van der Waals surface area contributed by atoms with Crippen molar-refractivity contribution < 1.29 is 13.9 Å². The highest BCUT2D eigenvalue weighted by atomic mass is 16.5. The molecule has 1 N–H and O–H groups in total. The van der Waals surface area contributed by atoms with Crippen LogP contribution in [-0.2, 0) is 11.2 Å². The first-order valence-corrected chi connectivity index (χ1v) is 9.38. The molecule has 1 amide bonds. The maximum atomic E-state index is 12.3. The van der Waals surface area contributed by atoms with Crippen molar-refractivity contribution in [2.75, 3.05) is 37.7 Å². The van der Waals surface area contributed by atoms with Gasteiger partial charge in [-0.3, -0.25) is 4.79 Å². The van der Waals surface area contributed by atoms with Gasteiger partial charge in [-0.2, -0.15) is 0 Å². The lowest BCUT2D eigenvalue weighted by molar-refractivity contribution is 0.0953. The summed E-state index contributed by atoms with van der Waals surface area (Å²) in [6.45, 7) is 3.66. The zero-order chi connectivity index (χ0) is 19.2. The second kappa shape index (κ2) is 8.67. The van der Waals surface area contributed by atoms with Crippen molar-refractivity contribution >= 4 is 11.6 Å². The molecule has 0 aliphatic carbocycles. The van der Waals surface area contributed by atoms with Gasteiger partial charge in [-0.1, -0.05) is 18.2 Å². The number of aromatic nitrogens is 2. The third kappa shape index (κ3) is 4.37. The maximum absolute atomic E-state index is 12.3. The second-order valence-electron chi connectivity index (χ2n) is 6.52. The zero-order valence-electron chi connectivity index (χ0n) is 15.5. The standard InChI is InChI=1S/C21H22N4O3/c26-20(16-6-8-18(9-7-16)25-12-14-27-15-13-25)22-11-10-19-23-24-21(28-19)17-4-2-1-3-5-17/h1-9H,10-15H2,(H,22,26). The highest BCUT2D eigenvalue weighted by molar-refractivity contribution is 5.94. The molecule has 1 saturated heterocycles. The highest BCUT2D eigenvalue weighted by Crippen LogP contribution is 2.18. The fraction of sp³-hybridized carbons (Fsp3) is 0.286. The number of rotatable bonds is 6. The van der Waals surface area contributed by atoms with Crippen LogP contribution in [0.5, 0.6) is 0 Å². The molecule has 0 bridgehead atoms. The Hall–Kier alpha value is -3.19. The average Bonchev–Trinajstić information content (AvgIpc) is 3.24. The fourth-order valence-corrected chi connectivity index (χ4v) is 3.08. The molecule has 0 saturated carbocycles. The lowest BCUT2D eigenvalue weighted by Crippen LogP contribution is -2.36. The van der Waals surface area contributed by atoms with Crippen molar-refractivity contribution in [3.05, 3.63) is 66.1 Å². The molecule has 1 aromatic heterocycles. The molecule has 144 valence electrons. The van der Waals surface area contributed by atoms with Gasteiger partial charge < -0.3 is 19.4 Å². The van der Waals surface area contributed by atoms with E-state index in [-0.39, 0.29) is 5.91 Å². The van der Waals surface area contributed by atoms with E-state index in [0.29, 0.717) is 30.3 Å². The average molecular weight is 378 g/mol. The van der Waals surface area contributed by atoms with Gasteiger partial charge in [0.1, 0.15) is 0 Å². The van der Waals surface area contributed by atoms with E-state index in [0.717, 1.165) is 37.6 Å². The van der Waals surface area contributed by atoms with Gasteiger partial charge in [0, 0.05) is 42.9 Å². The molecular weight excluding hydrogens is 356 g/mol. The smallest absolute Gasteiger partial charge is 0.251 e. The number of hydrogen-bond donors (Lipinski definition) is 1. The van der Waals surface area contributed by atoms with E-state index in [1.807, 2.05) is 54.6 Å². The number of hydrogen-bond acceptors (Lipinski definition) is 6. The van der Waals surface area contributed by atoms with E-state index in [9.17, 15) is 4.79 Å². The Morgan fingerprint density at radius 3 is 2.50 bits per heavy atom. The number of amides is 1. The second-order valence-corrected chi connectivity index (χ2v) is 6.52. The molecule has 0 radical (unpaired) electrons. The zero-order valence-corrected chi connectivity index (χ0v) is 15.5. The Balaban J connectivity index is 1.28. The topological polar surface area (TPSA) is 80.5 Å². The van der Waals surface area contributed by atoms with Crippen molar-refractivity contribution in [3.8, 4) is 11.5 Å². The number of carbonyl (C=O) groups is 1. The molecule has 1 aliphatic rings. The summed E-state index contributed by atoms with van der Waals surface area (Å²) in [7, 11) is 0. The van der Waals surface area contributed by atoms with Crippen LogP contribution < -0.4 is 10.2 Å². The van der Waals surface area contributed by atoms with E-state index in [1.54, 1.807) is 0 Å². The molecular formula is C21H22N4O3. The van der Waals surface area contributed by atoms with Crippen LogP contribution in [-0.4, -0.2) is 49.0 Å². The summed E-state index contributed by atoms with van der Waals surface area (Å²) in [6.07, 6.45) is 0.484. The summed E-state index contributed by atoms with van der Waals surface area (Å²) < 4.78 is 11.0.